The van der Waals surface area contributed by atoms with E-state index in [0.717, 1.165) is 6.42 Å². The molecular formula is C20H21ClN2O4. The number of benzene rings is 1. The summed E-state index contributed by atoms with van der Waals surface area (Å²) in [6.45, 7) is 0.199. The number of carbonyl (C=O) groups excluding carboxylic acids is 2. The van der Waals surface area contributed by atoms with E-state index < -0.39 is 5.60 Å². The Morgan fingerprint density at radius 1 is 1.19 bits per heavy atom. The van der Waals surface area contributed by atoms with Crippen LogP contribution in [0.15, 0.2) is 36.5 Å². The van der Waals surface area contributed by atoms with Crippen LogP contribution in [0, 0.1) is 0 Å². The molecular weight excluding hydrogens is 368 g/mol. The van der Waals surface area contributed by atoms with Crippen molar-refractivity contribution in [1.29, 1.82) is 0 Å². The lowest BCUT2D eigenvalue weighted by Crippen LogP contribution is -2.47. The molecule has 0 atom stereocenters. The van der Waals surface area contributed by atoms with Crippen LogP contribution in [0.3, 0.4) is 0 Å². The SMILES string of the molecule is O=C(Cc1ccnc(C(=O)NCC2(O)CCC2)c1)Cc1cc(Cl)ccc1O. The molecule has 0 bridgehead atoms. The van der Waals surface area contributed by atoms with Crippen LogP contribution in [0.2, 0.25) is 5.02 Å². The van der Waals surface area contributed by atoms with Gasteiger partial charge < -0.3 is 15.5 Å². The minimum Gasteiger partial charge on any atom is -0.508 e. The van der Waals surface area contributed by atoms with Crippen molar-refractivity contribution < 1.29 is 19.8 Å². The largest absolute Gasteiger partial charge is 0.508 e. The molecule has 1 aliphatic rings. The minimum absolute atomic E-state index is 0.0245. The van der Waals surface area contributed by atoms with E-state index in [1.807, 2.05) is 0 Å². The van der Waals surface area contributed by atoms with Gasteiger partial charge in [-0.3, -0.25) is 14.6 Å². The third-order valence-electron chi connectivity index (χ3n) is 4.75. The van der Waals surface area contributed by atoms with Crippen molar-refractivity contribution in [3.8, 4) is 5.75 Å². The summed E-state index contributed by atoms with van der Waals surface area (Å²) in [5, 5.41) is 23.0. The topological polar surface area (TPSA) is 99.5 Å². The van der Waals surface area contributed by atoms with E-state index in [1.54, 1.807) is 24.3 Å². The van der Waals surface area contributed by atoms with Crippen molar-refractivity contribution in [3.63, 3.8) is 0 Å². The van der Waals surface area contributed by atoms with Gasteiger partial charge in [0, 0.05) is 36.2 Å². The third-order valence-corrected chi connectivity index (χ3v) is 4.98. The lowest BCUT2D eigenvalue weighted by Gasteiger charge is -2.36. The number of halogens is 1. The summed E-state index contributed by atoms with van der Waals surface area (Å²) in [5.74, 6) is -0.470. The van der Waals surface area contributed by atoms with Gasteiger partial charge in [-0.05, 0) is 55.2 Å². The standard InChI is InChI=1S/C20H21ClN2O4/c21-15-2-3-18(25)14(10-15)11-16(24)8-13-4-7-22-17(9-13)19(26)23-12-20(27)5-1-6-20/h2-4,7,9-10,25,27H,1,5-6,8,11-12H2,(H,23,26). The molecule has 1 saturated carbocycles. The van der Waals surface area contributed by atoms with Gasteiger partial charge in [0.25, 0.3) is 5.91 Å². The van der Waals surface area contributed by atoms with Gasteiger partial charge in [0.1, 0.15) is 17.2 Å². The summed E-state index contributed by atoms with van der Waals surface area (Å²) in [4.78, 5) is 28.6. The maximum atomic E-state index is 12.3. The molecule has 3 rings (SSSR count). The number of nitrogens with zero attached hydrogens (tertiary/aromatic N) is 1. The van der Waals surface area contributed by atoms with E-state index >= 15 is 0 Å². The first kappa shape index (κ1) is 19.3. The summed E-state index contributed by atoms with van der Waals surface area (Å²) in [5.41, 5.74) is 0.522. The molecule has 1 aromatic heterocycles. The number of ketones is 1. The second-order valence-corrected chi connectivity index (χ2v) is 7.41. The number of phenolic OH excluding ortho intramolecular Hbond substituents is 1. The molecule has 1 amide bonds. The molecule has 0 aliphatic heterocycles. The fraction of sp³-hybridized carbons (Fsp3) is 0.350. The summed E-state index contributed by atoms with van der Waals surface area (Å²) in [7, 11) is 0. The van der Waals surface area contributed by atoms with Crippen LogP contribution in [-0.4, -0.2) is 39.0 Å². The molecule has 2 aromatic rings. The van der Waals surface area contributed by atoms with Crippen LogP contribution >= 0.6 is 11.6 Å². The van der Waals surface area contributed by atoms with Crippen LogP contribution < -0.4 is 5.32 Å². The number of hydrogen-bond acceptors (Lipinski definition) is 5. The van der Waals surface area contributed by atoms with Crippen molar-refractivity contribution in [2.24, 2.45) is 0 Å². The molecule has 0 radical (unpaired) electrons. The predicted octanol–water partition coefficient (Wildman–Crippen LogP) is 2.44. The Morgan fingerprint density at radius 2 is 1.96 bits per heavy atom. The number of Topliss-reactive ketones (excluding diaryl/α,β-unsaturated/α-hetero) is 1. The molecule has 0 saturated heterocycles. The zero-order valence-electron chi connectivity index (χ0n) is 14.7. The summed E-state index contributed by atoms with van der Waals surface area (Å²) >= 11 is 5.90. The van der Waals surface area contributed by atoms with Crippen molar-refractivity contribution in [1.82, 2.24) is 10.3 Å². The van der Waals surface area contributed by atoms with Gasteiger partial charge in [0.05, 0.1) is 5.60 Å². The third kappa shape index (κ3) is 5.05. The van der Waals surface area contributed by atoms with E-state index in [4.69, 9.17) is 11.6 Å². The highest BCUT2D eigenvalue weighted by molar-refractivity contribution is 6.30. The number of amides is 1. The van der Waals surface area contributed by atoms with E-state index in [0.29, 0.717) is 29.0 Å². The number of nitrogens with one attached hydrogen (secondary N) is 1. The average molecular weight is 389 g/mol. The highest BCUT2D eigenvalue weighted by Gasteiger charge is 2.34. The Bertz CT molecular complexity index is 865. The first-order chi connectivity index (χ1) is 12.8. The monoisotopic (exact) mass is 388 g/mol. The Labute approximate surface area is 162 Å². The molecule has 0 spiro atoms. The number of phenols is 1. The molecule has 6 nitrogen and oxygen atoms in total. The van der Waals surface area contributed by atoms with Gasteiger partial charge in [-0.25, -0.2) is 0 Å². The predicted molar refractivity (Wildman–Crippen MR) is 101 cm³/mol. The number of aromatic nitrogens is 1. The van der Waals surface area contributed by atoms with E-state index in [9.17, 15) is 19.8 Å². The molecule has 1 fully saturated rings. The maximum absolute atomic E-state index is 12.3. The van der Waals surface area contributed by atoms with Crippen LogP contribution in [0.1, 0.15) is 40.9 Å². The molecule has 0 unspecified atom stereocenters. The van der Waals surface area contributed by atoms with E-state index in [2.05, 4.69) is 10.3 Å². The number of pyridine rings is 1. The quantitative estimate of drug-likeness (QED) is 0.676. The Balaban J connectivity index is 1.60. The lowest BCUT2D eigenvalue weighted by atomic mass is 9.80. The Hall–Kier alpha value is -2.44. The van der Waals surface area contributed by atoms with Gasteiger partial charge >= 0.3 is 0 Å². The van der Waals surface area contributed by atoms with Gasteiger partial charge in [-0.1, -0.05) is 11.6 Å². The van der Waals surface area contributed by atoms with Gasteiger partial charge in [-0.15, -0.1) is 0 Å². The molecule has 142 valence electrons. The molecule has 1 heterocycles. The Morgan fingerprint density at radius 3 is 2.67 bits per heavy atom. The summed E-state index contributed by atoms with van der Waals surface area (Å²) < 4.78 is 0. The number of aromatic hydroxyl groups is 1. The van der Waals surface area contributed by atoms with Crippen LogP contribution in [0.25, 0.3) is 0 Å². The fourth-order valence-corrected chi connectivity index (χ4v) is 3.20. The fourth-order valence-electron chi connectivity index (χ4n) is 3.00. The van der Waals surface area contributed by atoms with E-state index in [-0.39, 0.29) is 42.5 Å². The number of aliphatic hydroxyl groups is 1. The first-order valence-electron chi connectivity index (χ1n) is 8.79. The molecule has 7 heteroatoms. The summed E-state index contributed by atoms with van der Waals surface area (Å²) in [6.07, 6.45) is 3.97. The van der Waals surface area contributed by atoms with Gasteiger partial charge in [0.15, 0.2) is 0 Å². The molecule has 3 N–H and O–H groups in total. The normalized spacial score (nSPS) is 15.0. The molecule has 1 aliphatic carbocycles. The smallest absolute Gasteiger partial charge is 0.269 e. The Kier molecular flexibility index (Phi) is 5.77. The second kappa shape index (κ2) is 8.06. The van der Waals surface area contributed by atoms with Crippen molar-refractivity contribution in [2.45, 2.75) is 37.7 Å². The summed E-state index contributed by atoms with van der Waals surface area (Å²) in [6, 6.07) is 7.81. The average Bonchev–Trinajstić information content (AvgIpc) is 2.61. The van der Waals surface area contributed by atoms with Crippen molar-refractivity contribution in [3.05, 3.63) is 58.4 Å². The molecule has 27 heavy (non-hydrogen) atoms. The highest BCUT2D eigenvalue weighted by atomic mass is 35.5. The van der Waals surface area contributed by atoms with E-state index in [1.165, 1.54) is 12.3 Å². The lowest BCUT2D eigenvalue weighted by molar-refractivity contribution is -0.117. The first-order valence-corrected chi connectivity index (χ1v) is 9.17. The number of hydrogen-bond donors (Lipinski definition) is 3. The van der Waals surface area contributed by atoms with Crippen LogP contribution in [-0.2, 0) is 17.6 Å². The molecule has 1 aromatic carbocycles. The number of rotatable bonds is 7. The maximum Gasteiger partial charge on any atom is 0.269 e. The van der Waals surface area contributed by atoms with Crippen LogP contribution in [0.4, 0.5) is 0 Å². The van der Waals surface area contributed by atoms with Crippen LogP contribution in [0.5, 0.6) is 5.75 Å². The zero-order chi connectivity index (χ0) is 19.4. The van der Waals surface area contributed by atoms with Crippen molar-refractivity contribution >= 4 is 23.3 Å². The van der Waals surface area contributed by atoms with Crippen molar-refractivity contribution in [2.75, 3.05) is 6.54 Å². The highest BCUT2D eigenvalue weighted by Crippen LogP contribution is 2.30. The minimum atomic E-state index is -0.803. The van der Waals surface area contributed by atoms with Gasteiger partial charge in [-0.2, -0.15) is 0 Å². The zero-order valence-corrected chi connectivity index (χ0v) is 15.5. The second-order valence-electron chi connectivity index (χ2n) is 6.98. The van der Waals surface area contributed by atoms with Gasteiger partial charge in [0.2, 0.25) is 0 Å². The number of carbonyl (C=O) groups is 2.